The summed E-state index contributed by atoms with van der Waals surface area (Å²) in [4.78, 5) is 18.3. The minimum absolute atomic E-state index is 0.159. The van der Waals surface area contributed by atoms with Crippen molar-refractivity contribution in [1.82, 2.24) is 0 Å². The predicted molar refractivity (Wildman–Crippen MR) is 82.3 cm³/mol. The van der Waals surface area contributed by atoms with Crippen LogP contribution in [0.15, 0.2) is 34.8 Å². The Labute approximate surface area is 122 Å². The van der Waals surface area contributed by atoms with Crippen molar-refractivity contribution < 1.29 is 14.3 Å². The second-order valence-electron chi connectivity index (χ2n) is 5.38. The second-order valence-corrected chi connectivity index (χ2v) is 6.86. The van der Waals surface area contributed by atoms with E-state index in [2.05, 4.69) is 36.7 Å². The van der Waals surface area contributed by atoms with Gasteiger partial charge in [-0.25, -0.2) is 0 Å². The molecule has 0 aliphatic heterocycles. The van der Waals surface area contributed by atoms with Crippen molar-refractivity contribution in [2.24, 2.45) is 0 Å². The molecule has 0 spiro atoms. The van der Waals surface area contributed by atoms with Crippen LogP contribution in [-0.4, -0.2) is 9.79 Å². The van der Waals surface area contributed by atoms with Gasteiger partial charge < -0.3 is 14.3 Å². The Balaban J connectivity index is 2.77. The van der Waals surface area contributed by atoms with Crippen molar-refractivity contribution >= 4 is 35.3 Å². The van der Waals surface area contributed by atoms with Crippen LogP contribution in [0.3, 0.4) is 0 Å². The lowest BCUT2D eigenvalue weighted by molar-refractivity contribution is 0.369. The number of halogens is 1. The molecule has 0 aliphatic carbocycles. The minimum atomic E-state index is -2.44. The van der Waals surface area contributed by atoms with E-state index in [9.17, 15) is 0 Å². The molecule has 5 heteroatoms. The molecule has 0 unspecified atom stereocenters. The first kappa shape index (κ1) is 14.7. The normalized spacial score (nSPS) is 12.2. The van der Waals surface area contributed by atoms with Gasteiger partial charge in [0.05, 0.1) is 4.47 Å². The van der Waals surface area contributed by atoms with Gasteiger partial charge in [0, 0.05) is 5.56 Å². The monoisotopic (exact) mass is 342 g/mol. The minimum Gasteiger partial charge on any atom is -0.425 e. The van der Waals surface area contributed by atoms with Crippen molar-refractivity contribution in [3.05, 3.63) is 40.4 Å². The highest BCUT2D eigenvalue weighted by Gasteiger charge is 2.24. The van der Waals surface area contributed by atoms with Gasteiger partial charge in [-0.15, -0.1) is 0 Å². The molecule has 2 aromatic carbocycles. The molecule has 102 valence electrons. The van der Waals surface area contributed by atoms with Crippen molar-refractivity contribution in [3.8, 4) is 5.75 Å². The van der Waals surface area contributed by atoms with Gasteiger partial charge in [0.15, 0.2) is 0 Å². The molecule has 2 rings (SSSR count). The number of hydrogen-bond donors (Lipinski definition) is 2. The van der Waals surface area contributed by atoms with Crippen LogP contribution in [0.4, 0.5) is 0 Å². The molecule has 0 saturated carbocycles. The molecule has 0 aromatic heterocycles. The third kappa shape index (κ3) is 3.09. The molecule has 0 fully saturated rings. The Morgan fingerprint density at radius 3 is 2.37 bits per heavy atom. The maximum absolute atomic E-state index is 9.17. The largest absolute Gasteiger partial charge is 0.425 e. The van der Waals surface area contributed by atoms with Gasteiger partial charge >= 0.3 is 8.60 Å². The lowest BCUT2D eigenvalue weighted by Crippen LogP contribution is -2.13. The van der Waals surface area contributed by atoms with Crippen LogP contribution in [0.1, 0.15) is 26.3 Å². The lowest BCUT2D eigenvalue weighted by Gasteiger charge is -2.24. The smallest absolute Gasteiger partial charge is 0.391 e. The molecule has 3 nitrogen and oxygen atoms in total. The zero-order chi connectivity index (χ0) is 14.2. The fraction of sp³-hybridized carbons (Fsp3) is 0.286. The molecule has 2 aromatic rings. The van der Waals surface area contributed by atoms with E-state index in [1.807, 2.05) is 30.3 Å². The van der Waals surface area contributed by atoms with E-state index in [0.717, 1.165) is 20.8 Å². The predicted octanol–water partition coefficient (Wildman–Crippen LogP) is 4.49. The maximum atomic E-state index is 9.17. The first-order valence-electron chi connectivity index (χ1n) is 5.88. The Kier molecular flexibility index (Phi) is 4.17. The first-order valence-corrected chi connectivity index (χ1v) is 7.84. The number of benzene rings is 2. The highest BCUT2D eigenvalue weighted by molar-refractivity contribution is 9.10. The second kappa shape index (κ2) is 5.37. The molecule has 0 bridgehead atoms. The topological polar surface area (TPSA) is 49.7 Å². The van der Waals surface area contributed by atoms with E-state index in [-0.39, 0.29) is 5.41 Å². The Hall–Kier alpha value is -0.670. The zero-order valence-corrected chi connectivity index (χ0v) is 13.5. The Bertz CT molecular complexity index is 605. The van der Waals surface area contributed by atoms with Gasteiger partial charge in [0.1, 0.15) is 5.75 Å². The highest BCUT2D eigenvalue weighted by atomic mass is 79.9. The van der Waals surface area contributed by atoms with Crippen molar-refractivity contribution in [1.29, 1.82) is 0 Å². The van der Waals surface area contributed by atoms with Gasteiger partial charge in [-0.1, -0.05) is 45.0 Å². The SMILES string of the molecule is CC(C)(C)c1cc2ccccc2c(Br)c1OP(O)O. The summed E-state index contributed by atoms with van der Waals surface area (Å²) in [6, 6.07) is 9.95. The maximum Gasteiger partial charge on any atom is 0.391 e. The van der Waals surface area contributed by atoms with Crippen molar-refractivity contribution in [2.75, 3.05) is 0 Å². The first-order chi connectivity index (χ1) is 8.80. The number of rotatable bonds is 2. The van der Waals surface area contributed by atoms with Gasteiger partial charge in [-0.3, -0.25) is 0 Å². The fourth-order valence-corrected chi connectivity index (χ4v) is 3.15. The van der Waals surface area contributed by atoms with Crippen LogP contribution in [0.5, 0.6) is 5.75 Å². The average Bonchev–Trinajstić information content (AvgIpc) is 2.31. The molecule has 0 aliphatic rings. The highest BCUT2D eigenvalue weighted by Crippen LogP contribution is 2.45. The summed E-state index contributed by atoms with van der Waals surface area (Å²) < 4.78 is 6.00. The van der Waals surface area contributed by atoms with E-state index >= 15 is 0 Å². The van der Waals surface area contributed by atoms with Gasteiger partial charge in [0.25, 0.3) is 0 Å². The summed E-state index contributed by atoms with van der Waals surface area (Å²) in [5.74, 6) is 0.502. The summed E-state index contributed by atoms with van der Waals surface area (Å²) in [6.07, 6.45) is 0. The van der Waals surface area contributed by atoms with Crippen molar-refractivity contribution in [2.45, 2.75) is 26.2 Å². The Morgan fingerprint density at radius 2 is 1.79 bits per heavy atom. The molecule has 0 amide bonds. The van der Waals surface area contributed by atoms with Crippen LogP contribution >= 0.6 is 24.5 Å². The van der Waals surface area contributed by atoms with E-state index in [4.69, 9.17) is 14.3 Å². The van der Waals surface area contributed by atoms with E-state index in [0.29, 0.717) is 5.75 Å². The number of hydrogen-bond acceptors (Lipinski definition) is 3. The summed E-state index contributed by atoms with van der Waals surface area (Å²) in [6.45, 7) is 6.19. The van der Waals surface area contributed by atoms with Crippen LogP contribution in [0, 0.1) is 0 Å². The molecular formula is C14H16BrO3P. The summed E-state index contributed by atoms with van der Waals surface area (Å²) in [5.41, 5.74) is 0.779. The molecule has 19 heavy (non-hydrogen) atoms. The summed E-state index contributed by atoms with van der Waals surface area (Å²) >= 11 is 3.52. The standard InChI is InChI=1S/C14H16BrO3P/c1-14(2,3)11-8-9-6-4-5-7-10(9)12(15)13(11)18-19(16)17/h4-8,16-17H,1-3H3. The molecule has 2 N–H and O–H groups in total. The van der Waals surface area contributed by atoms with Crippen LogP contribution in [-0.2, 0) is 5.41 Å². The molecule has 0 heterocycles. The summed E-state index contributed by atoms with van der Waals surface area (Å²) in [5, 5.41) is 2.08. The van der Waals surface area contributed by atoms with Gasteiger partial charge in [-0.2, -0.15) is 0 Å². The van der Waals surface area contributed by atoms with E-state index < -0.39 is 8.60 Å². The van der Waals surface area contributed by atoms with Gasteiger partial charge in [0.2, 0.25) is 0 Å². The molecular weight excluding hydrogens is 327 g/mol. The van der Waals surface area contributed by atoms with Crippen LogP contribution in [0.2, 0.25) is 0 Å². The molecule has 0 saturated heterocycles. The van der Waals surface area contributed by atoms with E-state index in [1.54, 1.807) is 0 Å². The van der Waals surface area contributed by atoms with Crippen molar-refractivity contribution in [3.63, 3.8) is 0 Å². The third-order valence-corrected chi connectivity index (χ3v) is 4.06. The number of fused-ring (bicyclic) bond motifs is 1. The summed E-state index contributed by atoms with van der Waals surface area (Å²) in [7, 11) is -2.44. The van der Waals surface area contributed by atoms with Crippen LogP contribution in [0.25, 0.3) is 10.8 Å². The average molecular weight is 343 g/mol. The third-order valence-electron chi connectivity index (χ3n) is 2.92. The fourth-order valence-electron chi connectivity index (χ4n) is 2.01. The molecule has 0 atom stereocenters. The zero-order valence-electron chi connectivity index (χ0n) is 11.0. The lowest BCUT2D eigenvalue weighted by atomic mass is 9.85. The van der Waals surface area contributed by atoms with Gasteiger partial charge in [-0.05, 0) is 38.2 Å². The van der Waals surface area contributed by atoms with Crippen LogP contribution < -0.4 is 4.52 Å². The molecule has 0 radical (unpaired) electrons. The quantitative estimate of drug-likeness (QED) is 0.790. The van der Waals surface area contributed by atoms with E-state index in [1.165, 1.54) is 0 Å². The Morgan fingerprint density at radius 1 is 1.16 bits per heavy atom.